The number of aromatic hydroxyl groups is 1. The second-order valence-electron chi connectivity index (χ2n) is 4.13. The van der Waals surface area contributed by atoms with Crippen molar-refractivity contribution >= 4 is 5.97 Å². The van der Waals surface area contributed by atoms with E-state index in [-0.39, 0.29) is 29.9 Å². The molecule has 0 spiro atoms. The van der Waals surface area contributed by atoms with E-state index in [2.05, 4.69) is 15.0 Å². The molecule has 110 valence electrons. The van der Waals surface area contributed by atoms with Gasteiger partial charge in [-0.05, 0) is 31.0 Å². The van der Waals surface area contributed by atoms with Crippen molar-refractivity contribution < 1.29 is 19.4 Å². The molecule has 0 saturated heterocycles. The maximum atomic E-state index is 11.3. The molecule has 0 bridgehead atoms. The number of benzene rings is 1. The van der Waals surface area contributed by atoms with Gasteiger partial charge in [-0.15, -0.1) is 0 Å². The number of carbonyl (C=O) groups excluding carboxylic acids is 1. The Bertz CT molecular complexity index is 604. The van der Waals surface area contributed by atoms with Gasteiger partial charge in [0.25, 0.3) is 0 Å². The summed E-state index contributed by atoms with van der Waals surface area (Å²) in [6.07, 6.45) is 3.35. The van der Waals surface area contributed by atoms with Crippen molar-refractivity contribution in [3.05, 3.63) is 36.4 Å². The number of hydrogen-bond acceptors (Lipinski definition) is 7. The van der Waals surface area contributed by atoms with Gasteiger partial charge in [0, 0.05) is 6.42 Å². The molecule has 0 aliphatic carbocycles. The molecule has 2 rings (SSSR count). The van der Waals surface area contributed by atoms with Crippen molar-refractivity contribution in [2.75, 3.05) is 6.61 Å². The van der Waals surface area contributed by atoms with Crippen molar-refractivity contribution in [3.8, 4) is 17.5 Å². The fourth-order valence-corrected chi connectivity index (χ4v) is 1.66. The van der Waals surface area contributed by atoms with E-state index in [4.69, 9.17) is 9.47 Å². The van der Waals surface area contributed by atoms with Crippen LogP contribution in [0.25, 0.3) is 0 Å². The minimum Gasteiger partial charge on any atom is -0.504 e. The van der Waals surface area contributed by atoms with Gasteiger partial charge >= 0.3 is 12.0 Å². The quantitative estimate of drug-likeness (QED) is 0.811. The number of esters is 1. The summed E-state index contributed by atoms with van der Waals surface area (Å²) in [6, 6.07) is 4.99. The number of carbonyl (C=O) groups is 1. The van der Waals surface area contributed by atoms with Crippen LogP contribution in [0.3, 0.4) is 0 Å². The molecule has 0 saturated carbocycles. The molecule has 0 fully saturated rings. The normalized spacial score (nSPS) is 10.1. The van der Waals surface area contributed by atoms with Crippen LogP contribution in [-0.4, -0.2) is 32.6 Å². The highest BCUT2D eigenvalue weighted by Gasteiger charge is 2.08. The number of phenolic OH excluding ortho intramolecular Hbond substituents is 1. The molecule has 0 amide bonds. The first-order valence-electron chi connectivity index (χ1n) is 6.46. The Hall–Kier alpha value is -2.70. The van der Waals surface area contributed by atoms with Gasteiger partial charge in [0.1, 0.15) is 12.7 Å². The molecule has 7 heteroatoms. The molecule has 1 aromatic carbocycles. The summed E-state index contributed by atoms with van der Waals surface area (Å²) in [5, 5.41) is 9.91. The van der Waals surface area contributed by atoms with Crippen LogP contribution in [0.4, 0.5) is 0 Å². The molecule has 21 heavy (non-hydrogen) atoms. The van der Waals surface area contributed by atoms with Gasteiger partial charge in [-0.2, -0.15) is 9.97 Å². The number of phenols is 1. The van der Waals surface area contributed by atoms with Crippen LogP contribution in [0.2, 0.25) is 0 Å². The van der Waals surface area contributed by atoms with E-state index in [0.717, 1.165) is 5.56 Å². The number of aromatic nitrogens is 3. The van der Waals surface area contributed by atoms with Gasteiger partial charge in [0.15, 0.2) is 11.5 Å². The van der Waals surface area contributed by atoms with E-state index in [1.807, 2.05) is 0 Å². The predicted molar refractivity (Wildman–Crippen MR) is 73.0 cm³/mol. The Morgan fingerprint density at radius 2 is 2.05 bits per heavy atom. The average Bonchev–Trinajstić information content (AvgIpc) is 2.49. The van der Waals surface area contributed by atoms with Gasteiger partial charge in [-0.3, -0.25) is 4.79 Å². The summed E-state index contributed by atoms with van der Waals surface area (Å²) in [7, 11) is 0. The molecule has 7 nitrogen and oxygen atoms in total. The Balaban J connectivity index is 1.99. The minimum atomic E-state index is -0.262. The van der Waals surface area contributed by atoms with Crippen LogP contribution in [-0.2, 0) is 16.0 Å². The summed E-state index contributed by atoms with van der Waals surface area (Å²) in [5.74, 6) is -0.0691. The van der Waals surface area contributed by atoms with E-state index in [9.17, 15) is 9.90 Å². The molecule has 2 aromatic rings. The molecular formula is C14H15N3O4. The van der Waals surface area contributed by atoms with Crippen LogP contribution >= 0.6 is 0 Å². The topological polar surface area (TPSA) is 94.4 Å². The third-order valence-corrected chi connectivity index (χ3v) is 2.62. The second-order valence-corrected chi connectivity index (χ2v) is 4.13. The molecule has 0 aliphatic rings. The number of nitrogens with zero attached hydrogens (tertiary/aromatic N) is 3. The Morgan fingerprint density at radius 1 is 1.29 bits per heavy atom. The predicted octanol–water partition coefficient (Wildman–Crippen LogP) is 1.87. The Labute approximate surface area is 121 Å². The average molecular weight is 289 g/mol. The first-order chi connectivity index (χ1) is 10.2. The number of ether oxygens (including phenoxy) is 2. The van der Waals surface area contributed by atoms with Crippen molar-refractivity contribution in [2.45, 2.75) is 19.8 Å². The lowest BCUT2D eigenvalue weighted by Crippen LogP contribution is -2.05. The summed E-state index contributed by atoms with van der Waals surface area (Å²) in [6.45, 7) is 2.12. The Morgan fingerprint density at radius 3 is 2.71 bits per heavy atom. The fraction of sp³-hybridized carbons (Fsp3) is 0.286. The van der Waals surface area contributed by atoms with Crippen molar-refractivity contribution in [1.29, 1.82) is 0 Å². The second kappa shape index (κ2) is 7.18. The summed E-state index contributed by atoms with van der Waals surface area (Å²) >= 11 is 0. The lowest BCUT2D eigenvalue weighted by atomic mass is 10.1. The first kappa shape index (κ1) is 14.7. The maximum Gasteiger partial charge on any atom is 0.325 e. The zero-order valence-electron chi connectivity index (χ0n) is 11.5. The molecule has 1 heterocycles. The van der Waals surface area contributed by atoms with Crippen LogP contribution in [0.5, 0.6) is 17.5 Å². The number of rotatable bonds is 6. The molecule has 0 atom stereocenters. The Kier molecular flexibility index (Phi) is 5.03. The fourth-order valence-electron chi connectivity index (χ4n) is 1.66. The lowest BCUT2D eigenvalue weighted by molar-refractivity contribution is -0.143. The van der Waals surface area contributed by atoms with Crippen LogP contribution in [0.15, 0.2) is 30.9 Å². The third-order valence-electron chi connectivity index (χ3n) is 2.62. The highest BCUT2D eigenvalue weighted by atomic mass is 16.5. The van der Waals surface area contributed by atoms with Gasteiger partial charge in [0.05, 0.1) is 6.61 Å². The van der Waals surface area contributed by atoms with Crippen molar-refractivity contribution in [3.63, 3.8) is 0 Å². The van der Waals surface area contributed by atoms with Gasteiger partial charge in [-0.1, -0.05) is 6.07 Å². The molecular weight excluding hydrogens is 274 g/mol. The van der Waals surface area contributed by atoms with E-state index >= 15 is 0 Å². The monoisotopic (exact) mass is 289 g/mol. The summed E-state index contributed by atoms with van der Waals surface area (Å²) in [4.78, 5) is 22.6. The lowest BCUT2D eigenvalue weighted by Gasteiger charge is -2.07. The molecule has 0 aliphatic heterocycles. The van der Waals surface area contributed by atoms with E-state index in [1.54, 1.807) is 19.1 Å². The largest absolute Gasteiger partial charge is 0.504 e. The highest BCUT2D eigenvalue weighted by Crippen LogP contribution is 2.30. The van der Waals surface area contributed by atoms with Crippen molar-refractivity contribution in [2.24, 2.45) is 0 Å². The highest BCUT2D eigenvalue weighted by molar-refractivity contribution is 5.69. The van der Waals surface area contributed by atoms with Crippen molar-refractivity contribution in [1.82, 2.24) is 15.0 Å². The molecule has 0 unspecified atom stereocenters. The molecule has 1 aromatic heterocycles. The zero-order valence-corrected chi connectivity index (χ0v) is 11.5. The number of hydrogen-bond donors (Lipinski definition) is 1. The smallest absolute Gasteiger partial charge is 0.325 e. The van der Waals surface area contributed by atoms with Crippen LogP contribution < -0.4 is 4.74 Å². The number of aryl methyl sites for hydroxylation is 1. The van der Waals surface area contributed by atoms with Gasteiger partial charge in [-0.25, -0.2) is 4.98 Å². The minimum absolute atomic E-state index is 0.0447. The summed E-state index contributed by atoms with van der Waals surface area (Å²) in [5.41, 5.74) is 0.809. The van der Waals surface area contributed by atoms with Gasteiger partial charge in [0.2, 0.25) is 0 Å². The molecule has 0 radical (unpaired) electrons. The van der Waals surface area contributed by atoms with E-state index in [1.165, 1.54) is 18.7 Å². The van der Waals surface area contributed by atoms with Gasteiger partial charge < -0.3 is 14.6 Å². The summed E-state index contributed by atoms with van der Waals surface area (Å²) < 4.78 is 10.2. The third kappa shape index (κ3) is 4.41. The maximum absolute atomic E-state index is 11.3. The zero-order chi connectivity index (χ0) is 15.1. The van der Waals surface area contributed by atoms with E-state index in [0.29, 0.717) is 13.0 Å². The van der Waals surface area contributed by atoms with Crippen LogP contribution in [0.1, 0.15) is 18.9 Å². The molecule has 1 N–H and O–H groups in total. The first-order valence-corrected chi connectivity index (χ1v) is 6.46. The standard InChI is InChI=1S/C14H15N3O4/c1-2-20-13(19)6-4-10-3-5-12(11(18)7-10)21-14-16-8-15-9-17-14/h3,5,7-9,18H,2,4,6H2,1H3. The van der Waals surface area contributed by atoms with Crippen LogP contribution in [0, 0.1) is 0 Å². The van der Waals surface area contributed by atoms with E-state index < -0.39 is 0 Å². The SMILES string of the molecule is CCOC(=O)CCc1ccc(Oc2ncncn2)c(O)c1.